The normalized spacial score (nSPS) is 11.0. The molecule has 4 aromatic rings. The van der Waals surface area contributed by atoms with E-state index in [4.69, 9.17) is 9.84 Å². The number of nitriles is 1. The average Bonchev–Trinajstić information content (AvgIpc) is 3.31. The molecule has 2 aromatic carbocycles. The van der Waals surface area contributed by atoms with Gasteiger partial charge in [-0.05, 0) is 60.5 Å². The van der Waals surface area contributed by atoms with Gasteiger partial charge in [0.2, 0.25) is 0 Å². The first-order valence-electron chi connectivity index (χ1n) is 10.7. The smallest absolute Gasteiger partial charge is 0.262 e. The van der Waals surface area contributed by atoms with Crippen LogP contribution in [0.4, 0.5) is 0 Å². The molecule has 0 radical (unpaired) electrons. The van der Waals surface area contributed by atoms with Crippen molar-refractivity contribution >= 4 is 12.0 Å². The number of methoxy groups -OCH3 is 1. The highest BCUT2D eigenvalue weighted by Gasteiger charge is 2.16. The zero-order valence-electron chi connectivity index (χ0n) is 18.9. The van der Waals surface area contributed by atoms with Gasteiger partial charge in [-0.2, -0.15) is 10.4 Å². The van der Waals surface area contributed by atoms with Gasteiger partial charge in [-0.15, -0.1) is 0 Å². The summed E-state index contributed by atoms with van der Waals surface area (Å²) >= 11 is 0. The van der Waals surface area contributed by atoms with E-state index in [2.05, 4.69) is 10.3 Å². The van der Waals surface area contributed by atoms with Crippen LogP contribution in [0.2, 0.25) is 0 Å². The van der Waals surface area contributed by atoms with Gasteiger partial charge in [0.25, 0.3) is 5.91 Å². The fourth-order valence-electron chi connectivity index (χ4n) is 3.54. The molecule has 0 saturated heterocycles. The third-order valence-corrected chi connectivity index (χ3v) is 5.27. The maximum Gasteiger partial charge on any atom is 0.262 e. The number of hydrogen-bond donors (Lipinski definition) is 1. The number of hydrogen-bond acceptors (Lipinski definition) is 5. The molecule has 0 aliphatic carbocycles. The minimum atomic E-state index is -0.462. The molecule has 2 heterocycles. The number of ether oxygens (including phenoxy) is 1. The second-order valence-corrected chi connectivity index (χ2v) is 7.61. The zero-order valence-corrected chi connectivity index (χ0v) is 18.9. The van der Waals surface area contributed by atoms with Crippen molar-refractivity contribution < 1.29 is 9.53 Å². The fourth-order valence-corrected chi connectivity index (χ4v) is 3.54. The number of carbonyl (C=O) groups excluding carboxylic acids is 1. The molecule has 0 spiro atoms. The van der Waals surface area contributed by atoms with Gasteiger partial charge in [0.1, 0.15) is 23.1 Å². The van der Waals surface area contributed by atoms with Crippen LogP contribution in [-0.4, -0.2) is 27.8 Å². The Labute approximate surface area is 198 Å². The SMILES string of the molecule is COc1ccc(-c2nn(-c3ccccc3)cc2/C=C(/C#N)C(=O)NCc2cccnc2)cc1C. The number of carbonyl (C=O) groups is 1. The molecule has 0 aliphatic heterocycles. The van der Waals surface area contributed by atoms with Crippen molar-refractivity contribution in [2.75, 3.05) is 7.11 Å². The first kappa shape index (κ1) is 22.5. The summed E-state index contributed by atoms with van der Waals surface area (Å²) in [5, 5.41) is 17.3. The first-order chi connectivity index (χ1) is 16.6. The van der Waals surface area contributed by atoms with Crippen molar-refractivity contribution in [1.82, 2.24) is 20.1 Å². The van der Waals surface area contributed by atoms with E-state index in [0.717, 1.165) is 28.1 Å². The Hall–Kier alpha value is -4.70. The van der Waals surface area contributed by atoms with Crippen LogP contribution in [0.1, 0.15) is 16.7 Å². The highest BCUT2D eigenvalue weighted by Crippen LogP contribution is 2.29. The average molecular weight is 450 g/mol. The van der Waals surface area contributed by atoms with Crippen LogP contribution in [0, 0.1) is 18.3 Å². The number of para-hydroxylation sites is 1. The molecule has 1 amide bonds. The minimum Gasteiger partial charge on any atom is -0.496 e. The van der Waals surface area contributed by atoms with Crippen molar-refractivity contribution in [2.45, 2.75) is 13.5 Å². The lowest BCUT2D eigenvalue weighted by Gasteiger charge is -2.07. The van der Waals surface area contributed by atoms with Gasteiger partial charge in [-0.25, -0.2) is 4.68 Å². The molecule has 0 atom stereocenters. The van der Waals surface area contributed by atoms with Gasteiger partial charge in [-0.1, -0.05) is 24.3 Å². The van der Waals surface area contributed by atoms with Crippen LogP contribution in [0.15, 0.2) is 84.8 Å². The number of nitrogens with one attached hydrogen (secondary N) is 1. The summed E-state index contributed by atoms with van der Waals surface area (Å²) in [6, 6.07) is 21.1. The lowest BCUT2D eigenvalue weighted by molar-refractivity contribution is -0.117. The van der Waals surface area contributed by atoms with Crippen molar-refractivity contribution in [3.8, 4) is 28.8 Å². The summed E-state index contributed by atoms with van der Waals surface area (Å²) in [6.07, 6.45) is 6.72. The highest BCUT2D eigenvalue weighted by molar-refractivity contribution is 6.02. The van der Waals surface area contributed by atoms with Crippen LogP contribution in [0.25, 0.3) is 23.0 Å². The monoisotopic (exact) mass is 449 g/mol. The molecule has 0 saturated carbocycles. The Balaban J connectivity index is 1.72. The minimum absolute atomic E-state index is 0.0111. The topological polar surface area (TPSA) is 92.8 Å². The quantitative estimate of drug-likeness (QED) is 0.332. The summed E-state index contributed by atoms with van der Waals surface area (Å²) in [4.78, 5) is 16.8. The number of pyridine rings is 1. The van der Waals surface area contributed by atoms with Crippen LogP contribution in [-0.2, 0) is 11.3 Å². The number of aryl methyl sites for hydroxylation is 1. The van der Waals surface area contributed by atoms with Crippen molar-refractivity contribution in [2.24, 2.45) is 0 Å². The van der Waals surface area contributed by atoms with Crippen LogP contribution < -0.4 is 10.1 Å². The molecule has 7 heteroatoms. The molecular weight excluding hydrogens is 426 g/mol. The van der Waals surface area contributed by atoms with E-state index in [9.17, 15) is 10.1 Å². The third kappa shape index (κ3) is 5.03. The van der Waals surface area contributed by atoms with E-state index in [1.807, 2.05) is 73.8 Å². The van der Waals surface area contributed by atoms with Gasteiger partial charge in [-0.3, -0.25) is 9.78 Å². The number of nitrogens with zero attached hydrogens (tertiary/aromatic N) is 4. The summed E-state index contributed by atoms with van der Waals surface area (Å²) in [5.41, 5.74) is 4.82. The molecule has 1 N–H and O–H groups in total. The van der Waals surface area contributed by atoms with Gasteiger partial charge < -0.3 is 10.1 Å². The van der Waals surface area contributed by atoms with E-state index in [-0.39, 0.29) is 12.1 Å². The Morgan fingerprint density at radius 2 is 2.00 bits per heavy atom. The van der Waals surface area contributed by atoms with Gasteiger partial charge >= 0.3 is 0 Å². The predicted molar refractivity (Wildman–Crippen MR) is 130 cm³/mol. The fraction of sp³-hybridized carbons (Fsp3) is 0.111. The largest absolute Gasteiger partial charge is 0.496 e. The summed E-state index contributed by atoms with van der Waals surface area (Å²) < 4.78 is 7.12. The predicted octanol–water partition coefficient (Wildman–Crippen LogP) is 4.47. The maximum atomic E-state index is 12.7. The Kier molecular flexibility index (Phi) is 6.80. The number of aromatic nitrogens is 3. The molecule has 0 unspecified atom stereocenters. The first-order valence-corrected chi connectivity index (χ1v) is 10.7. The van der Waals surface area contributed by atoms with Crippen molar-refractivity contribution in [3.05, 3.63) is 102 Å². The van der Waals surface area contributed by atoms with E-state index in [0.29, 0.717) is 11.3 Å². The van der Waals surface area contributed by atoms with Crippen LogP contribution >= 0.6 is 0 Å². The molecule has 2 aromatic heterocycles. The van der Waals surface area contributed by atoms with Gasteiger partial charge in [0.15, 0.2) is 0 Å². The molecule has 0 fully saturated rings. The second-order valence-electron chi connectivity index (χ2n) is 7.61. The third-order valence-electron chi connectivity index (χ3n) is 5.27. The number of benzene rings is 2. The molecule has 0 bridgehead atoms. The Morgan fingerprint density at radius 3 is 2.68 bits per heavy atom. The summed E-state index contributed by atoms with van der Waals surface area (Å²) in [5.74, 6) is 0.312. The van der Waals surface area contributed by atoms with Crippen LogP contribution in [0.5, 0.6) is 5.75 Å². The van der Waals surface area contributed by atoms with E-state index < -0.39 is 5.91 Å². The van der Waals surface area contributed by atoms with E-state index >= 15 is 0 Å². The Morgan fingerprint density at radius 1 is 1.18 bits per heavy atom. The van der Waals surface area contributed by atoms with Crippen molar-refractivity contribution in [1.29, 1.82) is 5.26 Å². The van der Waals surface area contributed by atoms with Crippen LogP contribution in [0.3, 0.4) is 0 Å². The standard InChI is InChI=1S/C27H23N5O2/c1-19-13-21(10-11-25(19)34-2)26-23(18-32(31-26)24-8-4-3-5-9-24)14-22(15-28)27(33)30-17-20-7-6-12-29-16-20/h3-14,16,18H,17H2,1-2H3,(H,30,33)/b22-14-. The molecule has 168 valence electrons. The molecule has 0 aliphatic rings. The number of rotatable bonds is 7. The lowest BCUT2D eigenvalue weighted by Crippen LogP contribution is -2.24. The zero-order chi connectivity index (χ0) is 23.9. The molecule has 7 nitrogen and oxygen atoms in total. The summed E-state index contributed by atoms with van der Waals surface area (Å²) in [7, 11) is 1.63. The molecule has 34 heavy (non-hydrogen) atoms. The number of amides is 1. The lowest BCUT2D eigenvalue weighted by atomic mass is 10.0. The summed E-state index contributed by atoms with van der Waals surface area (Å²) in [6.45, 7) is 2.23. The Bertz CT molecular complexity index is 1370. The van der Waals surface area contributed by atoms with Gasteiger partial charge in [0.05, 0.1) is 12.8 Å². The van der Waals surface area contributed by atoms with E-state index in [1.54, 1.807) is 36.3 Å². The highest BCUT2D eigenvalue weighted by atomic mass is 16.5. The molecule has 4 rings (SSSR count). The second kappa shape index (κ2) is 10.3. The van der Waals surface area contributed by atoms with E-state index in [1.165, 1.54) is 0 Å². The molecular formula is C27H23N5O2. The van der Waals surface area contributed by atoms with Crippen molar-refractivity contribution in [3.63, 3.8) is 0 Å². The van der Waals surface area contributed by atoms with Gasteiger partial charge in [0, 0.05) is 36.3 Å². The maximum absolute atomic E-state index is 12.7.